The van der Waals surface area contributed by atoms with Crippen molar-refractivity contribution in [2.75, 3.05) is 18.1 Å². The first kappa shape index (κ1) is 22.1. The van der Waals surface area contributed by atoms with Gasteiger partial charge in [-0.1, -0.05) is 11.6 Å². The van der Waals surface area contributed by atoms with E-state index < -0.39 is 15.8 Å². The standard InChI is InChI=1S/C23H29ClN2O5S/c1-14-19(22(24)26(25-14)18-4-5-32(29,30)13-18)2-3-21(28)31-12-20(27)23-9-15-6-16(10-23)8-17(7-15)11-23/h2-3,15-18H,4-13H2,1H3/b3-2+. The van der Waals surface area contributed by atoms with Crippen molar-refractivity contribution in [3.05, 3.63) is 22.5 Å². The molecule has 1 aromatic rings. The fraction of sp³-hybridized carbons (Fsp3) is 0.696. The lowest BCUT2D eigenvalue weighted by atomic mass is 9.48. The molecule has 174 valence electrons. The van der Waals surface area contributed by atoms with Crippen LogP contribution in [0.2, 0.25) is 5.15 Å². The first-order chi connectivity index (χ1) is 15.1. The highest BCUT2D eigenvalue weighted by Gasteiger charge is 2.54. The van der Waals surface area contributed by atoms with Crippen LogP contribution in [0.1, 0.15) is 62.2 Å². The summed E-state index contributed by atoms with van der Waals surface area (Å²) in [6, 6.07) is -0.293. The number of hydrogen-bond donors (Lipinski definition) is 0. The highest BCUT2D eigenvalue weighted by Crippen LogP contribution is 2.60. The van der Waals surface area contributed by atoms with Crippen molar-refractivity contribution in [2.45, 2.75) is 57.9 Å². The Bertz CT molecular complexity index is 1050. The fourth-order valence-electron chi connectivity index (χ4n) is 6.87. The summed E-state index contributed by atoms with van der Waals surface area (Å²) < 4.78 is 30.4. The second-order valence-corrected chi connectivity index (χ2v) is 12.9. The molecule has 5 fully saturated rings. The molecule has 7 nitrogen and oxygen atoms in total. The van der Waals surface area contributed by atoms with E-state index >= 15 is 0 Å². The molecule has 0 spiro atoms. The smallest absolute Gasteiger partial charge is 0.331 e. The molecule has 6 rings (SSSR count). The van der Waals surface area contributed by atoms with Gasteiger partial charge in [0.2, 0.25) is 0 Å². The van der Waals surface area contributed by atoms with E-state index in [-0.39, 0.29) is 35.4 Å². The van der Waals surface area contributed by atoms with Crippen LogP contribution in [-0.4, -0.2) is 48.1 Å². The Kier molecular flexibility index (Phi) is 5.52. The largest absolute Gasteiger partial charge is 0.455 e. The molecule has 0 radical (unpaired) electrons. The monoisotopic (exact) mass is 480 g/mol. The van der Waals surface area contributed by atoms with Gasteiger partial charge in [0.1, 0.15) is 5.15 Å². The van der Waals surface area contributed by atoms with Gasteiger partial charge in [0, 0.05) is 17.1 Å². The maximum Gasteiger partial charge on any atom is 0.331 e. The van der Waals surface area contributed by atoms with Crippen molar-refractivity contribution in [2.24, 2.45) is 23.2 Å². The van der Waals surface area contributed by atoms with Gasteiger partial charge in [-0.15, -0.1) is 0 Å². The Morgan fingerprint density at radius 1 is 1.19 bits per heavy atom. The topological polar surface area (TPSA) is 95.3 Å². The Hall–Kier alpha value is -1.67. The minimum absolute atomic E-state index is 0.0193. The maximum absolute atomic E-state index is 13.0. The van der Waals surface area contributed by atoms with Crippen molar-refractivity contribution < 1.29 is 22.7 Å². The van der Waals surface area contributed by atoms with Crippen LogP contribution in [0.3, 0.4) is 0 Å². The van der Waals surface area contributed by atoms with Crippen molar-refractivity contribution in [3.63, 3.8) is 0 Å². The Morgan fingerprint density at radius 3 is 2.38 bits per heavy atom. The lowest BCUT2D eigenvalue weighted by Crippen LogP contribution is -2.51. The zero-order valence-electron chi connectivity index (χ0n) is 18.3. The summed E-state index contributed by atoms with van der Waals surface area (Å²) in [6.45, 7) is 1.58. The van der Waals surface area contributed by atoms with E-state index in [1.807, 2.05) is 0 Å². The summed E-state index contributed by atoms with van der Waals surface area (Å²) in [5.74, 6) is 1.62. The van der Waals surface area contributed by atoms with E-state index in [1.165, 1.54) is 36.1 Å². The summed E-state index contributed by atoms with van der Waals surface area (Å²) in [5, 5.41) is 4.68. The van der Waals surface area contributed by atoms with E-state index in [2.05, 4.69) is 5.10 Å². The van der Waals surface area contributed by atoms with Crippen molar-refractivity contribution >= 4 is 39.3 Å². The van der Waals surface area contributed by atoms with Crippen LogP contribution < -0.4 is 0 Å². The molecule has 32 heavy (non-hydrogen) atoms. The average Bonchev–Trinajstić information content (AvgIpc) is 3.21. The van der Waals surface area contributed by atoms with E-state index in [0.717, 1.165) is 19.3 Å². The maximum atomic E-state index is 13.0. The third-order valence-corrected chi connectivity index (χ3v) is 10.1. The van der Waals surface area contributed by atoms with Gasteiger partial charge < -0.3 is 4.74 Å². The van der Waals surface area contributed by atoms with E-state index in [9.17, 15) is 18.0 Å². The van der Waals surface area contributed by atoms with Crippen molar-refractivity contribution in [3.8, 4) is 0 Å². The van der Waals surface area contributed by atoms with Gasteiger partial charge in [-0.05, 0) is 75.7 Å². The molecule has 4 bridgehead atoms. The molecule has 4 saturated carbocycles. The molecule has 4 aliphatic carbocycles. The van der Waals surface area contributed by atoms with Crippen LogP contribution in [0.15, 0.2) is 6.08 Å². The fourth-order valence-corrected chi connectivity index (χ4v) is 8.94. The zero-order chi connectivity index (χ0) is 22.7. The number of ether oxygens (including phenoxy) is 1. The van der Waals surface area contributed by atoms with E-state index in [4.69, 9.17) is 16.3 Å². The van der Waals surface area contributed by atoms with Crippen LogP contribution in [-0.2, 0) is 24.2 Å². The van der Waals surface area contributed by atoms with E-state index in [1.54, 1.807) is 6.92 Å². The average molecular weight is 481 g/mol. The van der Waals surface area contributed by atoms with Crippen LogP contribution in [0.25, 0.3) is 6.08 Å². The SMILES string of the molecule is Cc1nn(C2CCS(=O)(=O)C2)c(Cl)c1/C=C/C(=O)OCC(=O)C12CC3CC(CC(C3)C1)C2. The van der Waals surface area contributed by atoms with Crippen LogP contribution in [0.5, 0.6) is 0 Å². The van der Waals surface area contributed by atoms with Crippen LogP contribution in [0, 0.1) is 30.1 Å². The number of Topliss-reactive ketones (excluding diaryl/α,β-unsaturated/α-hetero) is 1. The van der Waals surface area contributed by atoms with Gasteiger partial charge >= 0.3 is 5.97 Å². The molecular weight excluding hydrogens is 452 g/mol. The van der Waals surface area contributed by atoms with Crippen molar-refractivity contribution in [1.29, 1.82) is 0 Å². The number of sulfone groups is 1. The number of rotatable bonds is 6. The number of hydrogen-bond acceptors (Lipinski definition) is 6. The predicted octanol–water partition coefficient (Wildman–Crippen LogP) is 3.55. The first-order valence-electron chi connectivity index (χ1n) is 11.5. The number of esters is 1. The normalized spacial score (nSPS) is 34.9. The molecule has 1 aliphatic heterocycles. The molecule has 0 N–H and O–H groups in total. The minimum atomic E-state index is -3.07. The third-order valence-electron chi connectivity index (χ3n) is 7.99. The van der Waals surface area contributed by atoms with Gasteiger partial charge in [-0.3, -0.25) is 4.79 Å². The number of halogens is 1. The predicted molar refractivity (Wildman–Crippen MR) is 120 cm³/mol. The number of aromatic nitrogens is 2. The molecule has 1 atom stereocenters. The highest BCUT2D eigenvalue weighted by atomic mass is 35.5. The number of carbonyl (C=O) groups excluding carboxylic acids is 2. The highest BCUT2D eigenvalue weighted by molar-refractivity contribution is 7.91. The van der Waals surface area contributed by atoms with Gasteiger partial charge in [0.25, 0.3) is 0 Å². The lowest BCUT2D eigenvalue weighted by molar-refractivity contribution is -0.155. The van der Waals surface area contributed by atoms with Crippen LogP contribution in [0.4, 0.5) is 0 Å². The summed E-state index contributed by atoms with van der Waals surface area (Å²) in [7, 11) is -3.07. The molecule has 5 aliphatic rings. The molecule has 1 aromatic heterocycles. The first-order valence-corrected chi connectivity index (χ1v) is 13.7. The summed E-state index contributed by atoms with van der Waals surface area (Å²) in [5.41, 5.74) is 0.884. The van der Waals surface area contributed by atoms with Gasteiger partial charge in [-0.2, -0.15) is 5.10 Å². The molecule has 1 saturated heterocycles. The molecule has 0 aromatic carbocycles. The quantitative estimate of drug-likeness (QED) is 0.456. The van der Waals surface area contributed by atoms with Crippen LogP contribution >= 0.6 is 11.6 Å². The van der Waals surface area contributed by atoms with Gasteiger partial charge in [-0.25, -0.2) is 17.9 Å². The Labute approximate surface area is 193 Å². The molecule has 9 heteroatoms. The number of carbonyl (C=O) groups is 2. The van der Waals surface area contributed by atoms with E-state index in [0.29, 0.717) is 40.6 Å². The lowest BCUT2D eigenvalue weighted by Gasteiger charge is -2.55. The summed E-state index contributed by atoms with van der Waals surface area (Å²) in [6.07, 6.45) is 9.91. The van der Waals surface area contributed by atoms with Crippen molar-refractivity contribution in [1.82, 2.24) is 9.78 Å². The van der Waals surface area contributed by atoms with Gasteiger partial charge in [0.05, 0.1) is 23.2 Å². The molecule has 0 amide bonds. The summed E-state index contributed by atoms with van der Waals surface area (Å²) >= 11 is 6.44. The third kappa shape index (κ3) is 4.04. The minimum Gasteiger partial charge on any atom is -0.455 e. The summed E-state index contributed by atoms with van der Waals surface area (Å²) in [4.78, 5) is 25.3. The van der Waals surface area contributed by atoms with Gasteiger partial charge in [0.15, 0.2) is 22.2 Å². The number of nitrogens with zero attached hydrogens (tertiary/aromatic N) is 2. The molecule has 1 unspecified atom stereocenters. The molecule has 2 heterocycles. The number of aryl methyl sites for hydroxylation is 1. The zero-order valence-corrected chi connectivity index (χ0v) is 19.8. The second-order valence-electron chi connectivity index (χ2n) is 10.4. The Balaban J connectivity index is 1.21. The second kappa shape index (κ2) is 7.97. The number of ketones is 1. The molecular formula is C23H29ClN2O5S. The Morgan fingerprint density at radius 2 is 1.81 bits per heavy atom.